The molecular formula is C19H28N4O4. The van der Waals surface area contributed by atoms with Crippen molar-refractivity contribution < 1.29 is 14.3 Å². The van der Waals surface area contributed by atoms with E-state index >= 15 is 0 Å². The molecule has 27 heavy (non-hydrogen) atoms. The summed E-state index contributed by atoms with van der Waals surface area (Å²) in [5.41, 5.74) is 1.77. The number of nitrogens with zero attached hydrogens (tertiary/aromatic N) is 2. The number of piperidine rings is 1. The summed E-state index contributed by atoms with van der Waals surface area (Å²) < 4.78 is 12.4. The van der Waals surface area contributed by atoms with Crippen molar-refractivity contribution in [2.24, 2.45) is 7.05 Å². The molecule has 2 aromatic rings. The Morgan fingerprint density at radius 3 is 2.74 bits per heavy atom. The molecule has 1 aromatic heterocycles. The van der Waals surface area contributed by atoms with Gasteiger partial charge in [0.2, 0.25) is 0 Å². The van der Waals surface area contributed by atoms with Crippen molar-refractivity contribution in [3.05, 3.63) is 22.6 Å². The summed E-state index contributed by atoms with van der Waals surface area (Å²) in [6.07, 6.45) is 1.41. The van der Waals surface area contributed by atoms with Gasteiger partial charge in [-0.2, -0.15) is 0 Å². The second-order valence-corrected chi connectivity index (χ2v) is 7.96. The Labute approximate surface area is 158 Å². The van der Waals surface area contributed by atoms with Gasteiger partial charge in [0.15, 0.2) is 0 Å². The van der Waals surface area contributed by atoms with Crippen molar-refractivity contribution in [3.8, 4) is 5.75 Å². The third-order valence-electron chi connectivity index (χ3n) is 4.69. The number of ether oxygens (including phenoxy) is 2. The standard InChI is InChI=1S/C19H28N4O4/c1-19(2,3)27-18(25)20-12-7-6-8-23(11-12)15-10-13(26-5)9-14-16(15)21-17(24)22(14)4/h9-10,12H,6-8,11H2,1-5H3,(H,20,25)(H,21,24)/t12-/m1/s1. The van der Waals surface area contributed by atoms with Gasteiger partial charge in [0.1, 0.15) is 11.4 Å². The zero-order valence-corrected chi connectivity index (χ0v) is 16.6. The number of carbonyl (C=O) groups excluding carboxylic acids is 1. The molecule has 1 fully saturated rings. The van der Waals surface area contributed by atoms with Gasteiger partial charge in [-0.05, 0) is 33.6 Å². The summed E-state index contributed by atoms with van der Waals surface area (Å²) in [4.78, 5) is 29.3. The second kappa shape index (κ2) is 7.17. The van der Waals surface area contributed by atoms with E-state index < -0.39 is 11.7 Å². The lowest BCUT2D eigenvalue weighted by Gasteiger charge is -2.35. The molecule has 148 valence electrons. The average Bonchev–Trinajstić information content (AvgIpc) is 2.87. The number of aromatic amines is 1. The van der Waals surface area contributed by atoms with Gasteiger partial charge >= 0.3 is 11.8 Å². The number of H-pyrrole nitrogens is 1. The zero-order chi connectivity index (χ0) is 19.8. The molecule has 1 amide bonds. The van der Waals surface area contributed by atoms with Gasteiger partial charge < -0.3 is 24.7 Å². The quantitative estimate of drug-likeness (QED) is 0.859. The smallest absolute Gasteiger partial charge is 0.407 e. The maximum atomic E-state index is 12.1. The largest absolute Gasteiger partial charge is 0.497 e. The van der Waals surface area contributed by atoms with Crippen molar-refractivity contribution in [3.63, 3.8) is 0 Å². The Bertz CT molecular complexity index is 893. The number of amides is 1. The van der Waals surface area contributed by atoms with E-state index in [0.717, 1.165) is 36.1 Å². The Hall–Kier alpha value is -2.64. The first-order chi connectivity index (χ1) is 12.7. The minimum absolute atomic E-state index is 0.0229. The highest BCUT2D eigenvalue weighted by Gasteiger charge is 2.26. The van der Waals surface area contributed by atoms with E-state index in [0.29, 0.717) is 12.3 Å². The van der Waals surface area contributed by atoms with Gasteiger partial charge in [0.25, 0.3) is 0 Å². The van der Waals surface area contributed by atoms with E-state index in [2.05, 4.69) is 15.2 Å². The molecule has 1 aliphatic rings. The van der Waals surface area contributed by atoms with E-state index in [-0.39, 0.29) is 11.7 Å². The topological polar surface area (TPSA) is 88.6 Å². The predicted octanol–water partition coefficient (Wildman–Crippen LogP) is 2.37. The molecule has 0 saturated carbocycles. The van der Waals surface area contributed by atoms with Gasteiger partial charge in [-0.1, -0.05) is 0 Å². The molecule has 1 aromatic carbocycles. The van der Waals surface area contributed by atoms with Crippen LogP contribution in [0.4, 0.5) is 10.5 Å². The summed E-state index contributed by atoms with van der Waals surface area (Å²) in [5, 5.41) is 2.96. The molecule has 0 radical (unpaired) electrons. The van der Waals surface area contributed by atoms with Gasteiger partial charge in [-0.15, -0.1) is 0 Å². The van der Waals surface area contributed by atoms with E-state index in [1.54, 1.807) is 18.7 Å². The number of nitrogens with one attached hydrogen (secondary N) is 2. The third kappa shape index (κ3) is 4.20. The SMILES string of the molecule is COc1cc(N2CCC[C@@H](NC(=O)OC(C)(C)C)C2)c2[nH]c(=O)n(C)c2c1. The number of rotatable bonds is 3. The first kappa shape index (κ1) is 19.1. The summed E-state index contributed by atoms with van der Waals surface area (Å²) in [6.45, 7) is 7.01. The fourth-order valence-corrected chi connectivity index (χ4v) is 3.43. The van der Waals surface area contributed by atoms with E-state index in [1.165, 1.54) is 0 Å². The number of carbonyl (C=O) groups is 1. The highest BCUT2D eigenvalue weighted by molar-refractivity contribution is 5.90. The van der Waals surface area contributed by atoms with E-state index in [4.69, 9.17) is 9.47 Å². The average molecular weight is 376 g/mol. The normalized spacial score (nSPS) is 17.8. The van der Waals surface area contributed by atoms with Crippen LogP contribution in [0.5, 0.6) is 5.75 Å². The summed E-state index contributed by atoms with van der Waals surface area (Å²) in [7, 11) is 3.34. The molecule has 1 aliphatic heterocycles. The molecule has 0 aliphatic carbocycles. The molecule has 2 N–H and O–H groups in total. The number of imidazole rings is 1. The number of hydrogen-bond donors (Lipinski definition) is 2. The number of alkyl carbamates (subject to hydrolysis) is 1. The van der Waals surface area contributed by atoms with Crippen LogP contribution in [-0.4, -0.2) is 47.5 Å². The molecule has 3 rings (SSSR count). The number of fused-ring (bicyclic) bond motifs is 1. The number of anilines is 1. The van der Waals surface area contributed by atoms with Gasteiger partial charge in [0.05, 0.1) is 23.8 Å². The van der Waals surface area contributed by atoms with E-state index in [1.807, 2.05) is 32.9 Å². The minimum Gasteiger partial charge on any atom is -0.497 e. The van der Waals surface area contributed by atoms with Crippen LogP contribution in [0.25, 0.3) is 11.0 Å². The molecule has 8 nitrogen and oxygen atoms in total. The molecule has 0 bridgehead atoms. The van der Waals surface area contributed by atoms with Gasteiger partial charge in [0, 0.05) is 38.3 Å². The maximum absolute atomic E-state index is 12.1. The van der Waals surface area contributed by atoms with Crippen LogP contribution in [0, 0.1) is 0 Å². The molecule has 0 spiro atoms. The highest BCUT2D eigenvalue weighted by atomic mass is 16.6. The number of hydrogen-bond acceptors (Lipinski definition) is 5. The Morgan fingerprint density at radius 2 is 2.07 bits per heavy atom. The molecule has 0 unspecified atom stereocenters. The summed E-state index contributed by atoms with van der Waals surface area (Å²) >= 11 is 0. The van der Waals surface area contributed by atoms with Crippen molar-refractivity contribution in [1.29, 1.82) is 0 Å². The van der Waals surface area contributed by atoms with Crippen LogP contribution in [0.2, 0.25) is 0 Å². The zero-order valence-electron chi connectivity index (χ0n) is 16.6. The van der Waals surface area contributed by atoms with Gasteiger partial charge in [-0.25, -0.2) is 9.59 Å². The molecule has 8 heteroatoms. The van der Waals surface area contributed by atoms with Crippen LogP contribution in [0.3, 0.4) is 0 Å². The number of benzene rings is 1. The van der Waals surface area contributed by atoms with Crippen LogP contribution in [0.15, 0.2) is 16.9 Å². The fraction of sp³-hybridized carbons (Fsp3) is 0.579. The highest BCUT2D eigenvalue weighted by Crippen LogP contribution is 2.32. The third-order valence-corrected chi connectivity index (χ3v) is 4.69. The van der Waals surface area contributed by atoms with Crippen molar-refractivity contribution in [1.82, 2.24) is 14.9 Å². The lowest BCUT2D eigenvalue weighted by atomic mass is 10.0. The minimum atomic E-state index is -0.527. The summed E-state index contributed by atoms with van der Waals surface area (Å²) in [6, 6.07) is 3.75. The first-order valence-corrected chi connectivity index (χ1v) is 9.19. The maximum Gasteiger partial charge on any atom is 0.407 e. The van der Waals surface area contributed by atoms with Crippen molar-refractivity contribution in [2.45, 2.75) is 45.3 Å². The monoisotopic (exact) mass is 376 g/mol. The van der Waals surface area contributed by atoms with Crippen LogP contribution in [0.1, 0.15) is 33.6 Å². The van der Waals surface area contributed by atoms with Crippen LogP contribution in [-0.2, 0) is 11.8 Å². The molecule has 2 heterocycles. The molecule has 1 atom stereocenters. The molecule has 1 saturated heterocycles. The summed E-state index contributed by atoms with van der Waals surface area (Å²) in [5.74, 6) is 0.689. The van der Waals surface area contributed by atoms with Crippen LogP contribution < -0.4 is 20.6 Å². The second-order valence-electron chi connectivity index (χ2n) is 7.96. The predicted molar refractivity (Wildman–Crippen MR) is 105 cm³/mol. The molecular weight excluding hydrogens is 348 g/mol. The van der Waals surface area contributed by atoms with Crippen LogP contribution >= 0.6 is 0 Å². The Kier molecular flexibility index (Phi) is 5.08. The first-order valence-electron chi connectivity index (χ1n) is 9.19. The lowest BCUT2D eigenvalue weighted by molar-refractivity contribution is 0.0500. The number of aromatic nitrogens is 2. The number of aryl methyl sites for hydroxylation is 1. The van der Waals surface area contributed by atoms with Gasteiger partial charge in [-0.3, -0.25) is 4.57 Å². The number of methoxy groups -OCH3 is 1. The fourth-order valence-electron chi connectivity index (χ4n) is 3.43. The van der Waals surface area contributed by atoms with Crippen molar-refractivity contribution >= 4 is 22.8 Å². The lowest BCUT2D eigenvalue weighted by Crippen LogP contribution is -2.49. The Morgan fingerprint density at radius 1 is 1.33 bits per heavy atom. The Balaban J connectivity index is 1.85. The van der Waals surface area contributed by atoms with E-state index in [9.17, 15) is 9.59 Å². The van der Waals surface area contributed by atoms with Crippen molar-refractivity contribution in [2.75, 3.05) is 25.1 Å².